The Morgan fingerprint density at radius 3 is 1.88 bits per heavy atom. The summed E-state index contributed by atoms with van der Waals surface area (Å²) in [5.74, 6) is 0.306. The average molecular weight is 255 g/mol. The molecule has 1 nitrogen and oxygen atoms in total. The molecule has 0 saturated carbocycles. The van der Waals surface area contributed by atoms with E-state index in [0.29, 0.717) is 5.85 Å². The second kappa shape index (κ2) is 4.99. The normalized spacial score (nSPS) is 14.9. The van der Waals surface area contributed by atoms with E-state index in [2.05, 4.69) is 70.0 Å². The van der Waals surface area contributed by atoms with Crippen LogP contribution in [0.3, 0.4) is 0 Å². The standard InChI is InChI=1S/C13H24OPSi/c1-15(2,3)13(14-16(4,5)6)12-10-8-7-9-11-12/h7-11,13H,1-6H3/q+1. The molecule has 0 aliphatic rings. The Bertz CT molecular complexity index is 324. The summed E-state index contributed by atoms with van der Waals surface area (Å²) in [4.78, 5) is 0. The second-order valence-corrected chi connectivity index (χ2v) is 15.3. The third kappa shape index (κ3) is 4.37. The van der Waals surface area contributed by atoms with Crippen LogP contribution in [-0.4, -0.2) is 28.3 Å². The van der Waals surface area contributed by atoms with Gasteiger partial charge in [0.2, 0.25) is 0 Å². The van der Waals surface area contributed by atoms with Gasteiger partial charge in [0, 0.05) is 12.8 Å². The van der Waals surface area contributed by atoms with Gasteiger partial charge in [-0.15, -0.1) is 0 Å². The lowest BCUT2D eigenvalue weighted by Crippen LogP contribution is -2.28. The Hall–Kier alpha value is -0.173. The summed E-state index contributed by atoms with van der Waals surface area (Å²) < 4.78 is 6.38. The van der Waals surface area contributed by atoms with Crippen LogP contribution in [0.1, 0.15) is 11.4 Å². The lowest BCUT2D eigenvalue weighted by Gasteiger charge is -2.31. The van der Waals surface area contributed by atoms with E-state index in [1.165, 1.54) is 5.56 Å². The van der Waals surface area contributed by atoms with E-state index in [9.17, 15) is 0 Å². The van der Waals surface area contributed by atoms with Gasteiger partial charge < -0.3 is 4.43 Å². The van der Waals surface area contributed by atoms with Gasteiger partial charge in [-0.3, -0.25) is 0 Å². The molecule has 0 spiro atoms. The quantitative estimate of drug-likeness (QED) is 0.571. The molecule has 90 valence electrons. The summed E-state index contributed by atoms with van der Waals surface area (Å²) >= 11 is 0. The van der Waals surface area contributed by atoms with E-state index in [-0.39, 0.29) is 0 Å². The minimum Gasteiger partial charge on any atom is -0.381 e. The zero-order chi connectivity index (χ0) is 12.4. The molecule has 1 aromatic rings. The molecule has 0 N–H and O–H groups in total. The molecule has 1 rings (SSSR count). The molecule has 0 fully saturated rings. The number of hydrogen-bond donors (Lipinski definition) is 0. The van der Waals surface area contributed by atoms with Gasteiger partial charge >= 0.3 is 0 Å². The van der Waals surface area contributed by atoms with Gasteiger partial charge in [-0.2, -0.15) is 0 Å². The molecule has 0 radical (unpaired) electrons. The fourth-order valence-electron chi connectivity index (χ4n) is 1.63. The Morgan fingerprint density at radius 1 is 1.00 bits per heavy atom. The monoisotopic (exact) mass is 255 g/mol. The maximum atomic E-state index is 6.38. The maximum Gasteiger partial charge on any atom is 0.189 e. The molecular weight excluding hydrogens is 231 g/mol. The van der Waals surface area contributed by atoms with Crippen molar-refractivity contribution >= 4 is 15.6 Å². The SMILES string of the molecule is C[Si](C)(C)OC(c1ccccc1)[P+](C)(C)C. The van der Waals surface area contributed by atoms with Crippen LogP contribution in [0.4, 0.5) is 0 Å². The van der Waals surface area contributed by atoms with Crippen molar-refractivity contribution in [2.24, 2.45) is 0 Å². The molecule has 0 saturated heterocycles. The molecule has 1 atom stereocenters. The summed E-state index contributed by atoms with van der Waals surface area (Å²) in [5.41, 5.74) is 1.34. The summed E-state index contributed by atoms with van der Waals surface area (Å²) in [6, 6.07) is 10.7. The summed E-state index contributed by atoms with van der Waals surface area (Å²) in [7, 11) is -2.52. The van der Waals surface area contributed by atoms with Gasteiger partial charge in [-0.1, -0.05) is 30.3 Å². The van der Waals surface area contributed by atoms with Gasteiger partial charge in [0.05, 0.1) is 20.0 Å². The van der Waals surface area contributed by atoms with E-state index in [1.54, 1.807) is 0 Å². The molecule has 0 aliphatic heterocycles. The van der Waals surface area contributed by atoms with Gasteiger partial charge in [-0.25, -0.2) is 0 Å². The van der Waals surface area contributed by atoms with Crippen LogP contribution in [0, 0.1) is 0 Å². The molecule has 0 amide bonds. The highest BCUT2D eigenvalue weighted by Gasteiger charge is 2.37. The van der Waals surface area contributed by atoms with Gasteiger partial charge in [0.15, 0.2) is 14.2 Å². The Labute approximate surface area is 102 Å². The molecule has 0 heterocycles. The molecule has 1 unspecified atom stereocenters. The summed E-state index contributed by atoms with van der Waals surface area (Å²) in [5, 5.41) is 0. The molecule has 0 aromatic heterocycles. The van der Waals surface area contributed by atoms with Crippen molar-refractivity contribution in [2.75, 3.05) is 20.0 Å². The van der Waals surface area contributed by atoms with E-state index < -0.39 is 15.6 Å². The minimum absolute atomic E-state index is 0.306. The van der Waals surface area contributed by atoms with E-state index in [4.69, 9.17) is 4.43 Å². The predicted molar refractivity (Wildman–Crippen MR) is 78.3 cm³/mol. The van der Waals surface area contributed by atoms with Crippen molar-refractivity contribution in [3.63, 3.8) is 0 Å². The third-order valence-corrected chi connectivity index (χ3v) is 5.21. The predicted octanol–water partition coefficient (Wildman–Crippen LogP) is 4.44. The van der Waals surface area contributed by atoms with Crippen molar-refractivity contribution in [3.8, 4) is 0 Å². The van der Waals surface area contributed by atoms with Crippen LogP contribution in [0.15, 0.2) is 30.3 Å². The van der Waals surface area contributed by atoms with Crippen LogP contribution >= 0.6 is 7.26 Å². The fraction of sp³-hybridized carbons (Fsp3) is 0.538. The lowest BCUT2D eigenvalue weighted by molar-refractivity contribution is 0.280. The van der Waals surface area contributed by atoms with Gasteiger partial charge in [-0.05, 0) is 19.6 Å². The van der Waals surface area contributed by atoms with Gasteiger partial charge in [0.25, 0.3) is 0 Å². The van der Waals surface area contributed by atoms with Crippen molar-refractivity contribution in [3.05, 3.63) is 35.9 Å². The van der Waals surface area contributed by atoms with Crippen molar-refractivity contribution in [1.82, 2.24) is 0 Å². The number of rotatable bonds is 4. The van der Waals surface area contributed by atoms with Crippen LogP contribution in [0.25, 0.3) is 0 Å². The zero-order valence-electron chi connectivity index (χ0n) is 11.3. The second-order valence-electron chi connectivity index (χ2n) is 6.11. The van der Waals surface area contributed by atoms with Crippen molar-refractivity contribution < 1.29 is 4.43 Å². The molecule has 0 bridgehead atoms. The smallest absolute Gasteiger partial charge is 0.189 e. The first-order valence-corrected chi connectivity index (χ1v) is 12.3. The Kier molecular flexibility index (Phi) is 4.33. The van der Waals surface area contributed by atoms with Crippen LogP contribution < -0.4 is 0 Å². The summed E-state index contributed by atoms with van der Waals surface area (Å²) in [6.45, 7) is 13.8. The van der Waals surface area contributed by atoms with Crippen LogP contribution in [0.2, 0.25) is 19.6 Å². The Morgan fingerprint density at radius 2 is 1.50 bits per heavy atom. The van der Waals surface area contributed by atoms with Gasteiger partial charge in [0.1, 0.15) is 0 Å². The van der Waals surface area contributed by atoms with E-state index in [0.717, 1.165) is 0 Å². The maximum absolute atomic E-state index is 6.38. The molecule has 3 heteroatoms. The largest absolute Gasteiger partial charge is 0.381 e. The first-order chi connectivity index (χ1) is 7.20. The van der Waals surface area contributed by atoms with E-state index >= 15 is 0 Å². The number of benzene rings is 1. The highest BCUT2D eigenvalue weighted by Crippen LogP contribution is 2.61. The fourth-order valence-corrected chi connectivity index (χ4v) is 5.71. The van der Waals surface area contributed by atoms with Crippen molar-refractivity contribution in [1.29, 1.82) is 0 Å². The highest BCUT2D eigenvalue weighted by molar-refractivity contribution is 7.73. The lowest BCUT2D eigenvalue weighted by atomic mass is 10.2. The Balaban J connectivity index is 2.98. The first kappa shape index (κ1) is 13.9. The van der Waals surface area contributed by atoms with Crippen LogP contribution in [-0.2, 0) is 4.43 Å². The highest BCUT2D eigenvalue weighted by atomic mass is 31.2. The zero-order valence-corrected chi connectivity index (χ0v) is 13.2. The van der Waals surface area contributed by atoms with Crippen molar-refractivity contribution in [2.45, 2.75) is 25.5 Å². The minimum atomic E-state index is -1.49. The topological polar surface area (TPSA) is 9.23 Å². The molecular formula is C13H24OPSi+. The molecule has 16 heavy (non-hydrogen) atoms. The number of hydrogen-bond acceptors (Lipinski definition) is 1. The van der Waals surface area contributed by atoms with Crippen LogP contribution in [0.5, 0.6) is 0 Å². The summed E-state index contributed by atoms with van der Waals surface area (Å²) in [6.07, 6.45) is 0. The van der Waals surface area contributed by atoms with E-state index in [1.807, 2.05) is 0 Å². The molecule has 1 aromatic carbocycles. The first-order valence-electron chi connectivity index (χ1n) is 5.74. The third-order valence-electron chi connectivity index (χ3n) is 2.25. The molecule has 0 aliphatic carbocycles. The average Bonchev–Trinajstić information content (AvgIpc) is 2.13.